The highest BCUT2D eigenvalue weighted by Crippen LogP contribution is 2.34. The molecule has 0 aliphatic rings. The van der Waals surface area contributed by atoms with Gasteiger partial charge in [-0.05, 0) is 100 Å². The van der Waals surface area contributed by atoms with Crippen molar-refractivity contribution in [2.24, 2.45) is 4.99 Å². The molecule has 1 unspecified atom stereocenters. The summed E-state index contributed by atoms with van der Waals surface area (Å²) in [7, 11) is 1.64. The molecule has 232 valence electrons. The van der Waals surface area contributed by atoms with Crippen LogP contribution in [0.25, 0.3) is 0 Å². The van der Waals surface area contributed by atoms with E-state index in [9.17, 15) is 14.7 Å². The van der Waals surface area contributed by atoms with Crippen molar-refractivity contribution in [3.63, 3.8) is 0 Å². The van der Waals surface area contributed by atoms with Gasteiger partial charge in [-0.1, -0.05) is 101 Å². The second kappa shape index (κ2) is 23.1. The van der Waals surface area contributed by atoms with Gasteiger partial charge in [0.1, 0.15) is 0 Å². The molecule has 1 N–H and O–H groups in total. The van der Waals surface area contributed by atoms with Crippen LogP contribution >= 0.6 is 0 Å². The number of carbonyl (C=O) groups excluding carboxylic acids is 1. The summed E-state index contributed by atoms with van der Waals surface area (Å²) in [5.41, 5.74) is 10.5. The lowest BCUT2D eigenvalue weighted by Gasteiger charge is -2.22. The SMILES string of the molecule is C=C/C=C\C(C(C)=O)=C(C)C.C=NC.CCC.CCCc1ccc(C(CC(=O)O)c2ccc(C)c(C)c2C)cc1CC. The number of carboxylic acid groups (broad SMARTS) is 1. The van der Waals surface area contributed by atoms with Crippen molar-refractivity contribution in [1.29, 1.82) is 0 Å². The van der Waals surface area contributed by atoms with E-state index in [0.29, 0.717) is 0 Å². The zero-order valence-electron chi connectivity index (χ0n) is 28.4. The van der Waals surface area contributed by atoms with E-state index in [1.54, 1.807) is 32.2 Å². The molecule has 0 saturated heterocycles. The van der Waals surface area contributed by atoms with Crippen LogP contribution in [-0.4, -0.2) is 30.6 Å². The number of rotatable bonds is 10. The lowest BCUT2D eigenvalue weighted by molar-refractivity contribution is -0.137. The van der Waals surface area contributed by atoms with Gasteiger partial charge in [0.05, 0.1) is 6.42 Å². The number of allylic oxidation sites excluding steroid dienone is 5. The molecule has 0 amide bonds. The Hall–Kier alpha value is -3.53. The Morgan fingerprint density at radius 3 is 1.95 bits per heavy atom. The Morgan fingerprint density at radius 2 is 1.52 bits per heavy atom. The molecule has 2 aromatic carbocycles. The Balaban J connectivity index is 0. The van der Waals surface area contributed by atoms with Crippen LogP contribution in [0.15, 0.2) is 71.3 Å². The summed E-state index contributed by atoms with van der Waals surface area (Å²) >= 11 is 0. The van der Waals surface area contributed by atoms with E-state index in [1.165, 1.54) is 34.2 Å². The largest absolute Gasteiger partial charge is 0.481 e. The number of nitrogens with zero attached hydrogens (tertiary/aromatic N) is 1. The molecule has 0 radical (unpaired) electrons. The molecule has 2 aromatic rings. The highest BCUT2D eigenvalue weighted by molar-refractivity contribution is 5.96. The molecule has 0 saturated carbocycles. The molecular weight excluding hydrogens is 518 g/mol. The van der Waals surface area contributed by atoms with E-state index in [0.717, 1.165) is 41.5 Å². The summed E-state index contributed by atoms with van der Waals surface area (Å²) < 4.78 is 0. The standard InChI is InChI=1S/C23H30O2.C10H14O.C3H8.C2H5N/c1-6-8-19-10-11-20(13-18(19)7-2)22(14-23(24)25)21-12-9-15(3)16(4)17(21)5;1-5-6-7-10(8(2)3)9(4)11;2*1-3-2/h9-13,22H,6-8,14H2,1-5H3,(H,24,25);5-7H,1H2,2-4H3;3H2,1-2H3;1H2,2H3/b;7-6-;;. The van der Waals surface area contributed by atoms with Crippen molar-refractivity contribution in [3.8, 4) is 0 Å². The molecule has 4 heteroatoms. The third-order valence-corrected chi connectivity index (χ3v) is 6.70. The first kappa shape index (κ1) is 40.6. The van der Waals surface area contributed by atoms with E-state index < -0.39 is 5.97 Å². The second-order valence-corrected chi connectivity index (χ2v) is 10.6. The minimum absolute atomic E-state index is 0.0993. The average Bonchev–Trinajstić information content (AvgIpc) is 2.92. The van der Waals surface area contributed by atoms with E-state index in [4.69, 9.17) is 0 Å². The summed E-state index contributed by atoms with van der Waals surface area (Å²) in [6, 6.07) is 10.8. The summed E-state index contributed by atoms with van der Waals surface area (Å²) in [6.07, 6.45) is 9.77. The number of hydrogen-bond acceptors (Lipinski definition) is 3. The van der Waals surface area contributed by atoms with Crippen LogP contribution in [-0.2, 0) is 22.4 Å². The fraction of sp³-hybridized carbons (Fsp3) is 0.447. The minimum Gasteiger partial charge on any atom is -0.481 e. The first-order valence-electron chi connectivity index (χ1n) is 15.0. The van der Waals surface area contributed by atoms with Crippen molar-refractivity contribution < 1.29 is 14.7 Å². The summed E-state index contributed by atoms with van der Waals surface area (Å²) in [5.74, 6) is -0.751. The van der Waals surface area contributed by atoms with Gasteiger partial charge in [0, 0.05) is 18.5 Å². The number of aliphatic imine (C=N–C) groups is 1. The number of aliphatic carboxylic acids is 1. The van der Waals surface area contributed by atoms with Gasteiger partial charge in [0.25, 0.3) is 0 Å². The molecule has 0 aliphatic heterocycles. The third-order valence-electron chi connectivity index (χ3n) is 6.70. The molecular formula is C38H57NO3. The van der Waals surface area contributed by atoms with E-state index in [2.05, 4.69) is 97.1 Å². The quantitative estimate of drug-likeness (QED) is 0.174. The van der Waals surface area contributed by atoms with Gasteiger partial charge in [-0.2, -0.15) is 0 Å². The molecule has 0 heterocycles. The van der Waals surface area contributed by atoms with E-state index in [-0.39, 0.29) is 18.1 Å². The number of benzene rings is 2. The van der Waals surface area contributed by atoms with Crippen molar-refractivity contribution in [3.05, 3.63) is 105 Å². The fourth-order valence-corrected chi connectivity index (χ4v) is 4.44. The summed E-state index contributed by atoms with van der Waals surface area (Å²) in [4.78, 5) is 25.7. The molecule has 0 aromatic heterocycles. The van der Waals surface area contributed by atoms with Crippen LogP contribution in [0.4, 0.5) is 0 Å². The normalized spacial score (nSPS) is 10.5. The van der Waals surface area contributed by atoms with Crippen molar-refractivity contribution >= 4 is 18.5 Å². The number of carboxylic acids is 1. The molecule has 0 bridgehead atoms. The lowest BCUT2D eigenvalue weighted by Crippen LogP contribution is -2.11. The van der Waals surface area contributed by atoms with Gasteiger partial charge >= 0.3 is 5.97 Å². The van der Waals surface area contributed by atoms with Crippen LogP contribution in [0, 0.1) is 20.8 Å². The predicted octanol–water partition coefficient (Wildman–Crippen LogP) is 10.1. The maximum absolute atomic E-state index is 11.5. The fourth-order valence-electron chi connectivity index (χ4n) is 4.44. The van der Waals surface area contributed by atoms with Crippen LogP contribution < -0.4 is 0 Å². The highest BCUT2D eigenvalue weighted by atomic mass is 16.4. The van der Waals surface area contributed by atoms with E-state index in [1.807, 2.05) is 13.8 Å². The first-order valence-corrected chi connectivity index (χ1v) is 15.0. The number of carbonyl (C=O) groups is 2. The Morgan fingerprint density at radius 1 is 0.952 bits per heavy atom. The Kier molecular flexibility index (Phi) is 22.3. The van der Waals surface area contributed by atoms with Crippen LogP contribution in [0.1, 0.15) is 113 Å². The zero-order valence-corrected chi connectivity index (χ0v) is 28.4. The van der Waals surface area contributed by atoms with Crippen LogP contribution in [0.3, 0.4) is 0 Å². The second-order valence-electron chi connectivity index (χ2n) is 10.6. The number of ketones is 1. The number of aryl methyl sites for hydroxylation is 3. The molecule has 2 rings (SSSR count). The molecule has 42 heavy (non-hydrogen) atoms. The Labute approximate surface area is 257 Å². The molecule has 0 aliphatic carbocycles. The first-order chi connectivity index (χ1) is 19.8. The lowest BCUT2D eigenvalue weighted by atomic mass is 9.82. The maximum Gasteiger partial charge on any atom is 0.304 e. The molecule has 0 spiro atoms. The minimum atomic E-state index is -0.752. The van der Waals surface area contributed by atoms with Gasteiger partial charge < -0.3 is 10.1 Å². The summed E-state index contributed by atoms with van der Waals surface area (Å²) in [6.45, 7) is 27.0. The molecule has 4 nitrogen and oxygen atoms in total. The highest BCUT2D eigenvalue weighted by Gasteiger charge is 2.21. The van der Waals surface area contributed by atoms with Crippen molar-refractivity contribution in [2.75, 3.05) is 7.05 Å². The van der Waals surface area contributed by atoms with Gasteiger partial charge in [0.2, 0.25) is 0 Å². The van der Waals surface area contributed by atoms with Gasteiger partial charge in [-0.3, -0.25) is 9.59 Å². The monoisotopic (exact) mass is 575 g/mol. The smallest absolute Gasteiger partial charge is 0.304 e. The average molecular weight is 576 g/mol. The van der Waals surface area contributed by atoms with Gasteiger partial charge in [-0.15, -0.1) is 0 Å². The van der Waals surface area contributed by atoms with Gasteiger partial charge in [0.15, 0.2) is 5.78 Å². The zero-order chi connectivity index (χ0) is 32.8. The Bertz CT molecular complexity index is 1200. The maximum atomic E-state index is 11.5. The number of Topliss-reactive ketones (excluding diaryl/α,β-unsaturated/α-hetero) is 1. The van der Waals surface area contributed by atoms with Crippen LogP contribution in [0.5, 0.6) is 0 Å². The van der Waals surface area contributed by atoms with Crippen molar-refractivity contribution in [2.45, 2.75) is 107 Å². The topological polar surface area (TPSA) is 66.7 Å². The third kappa shape index (κ3) is 14.9. The van der Waals surface area contributed by atoms with Crippen LogP contribution in [0.2, 0.25) is 0 Å². The molecule has 0 fully saturated rings. The summed E-state index contributed by atoms with van der Waals surface area (Å²) in [5, 5.41) is 9.49. The van der Waals surface area contributed by atoms with E-state index >= 15 is 0 Å². The number of hydrogen-bond donors (Lipinski definition) is 1. The van der Waals surface area contributed by atoms with Gasteiger partial charge in [-0.25, -0.2) is 0 Å². The predicted molar refractivity (Wildman–Crippen MR) is 184 cm³/mol. The molecule has 1 atom stereocenters. The van der Waals surface area contributed by atoms with Crippen molar-refractivity contribution in [1.82, 2.24) is 0 Å².